The van der Waals surface area contributed by atoms with E-state index in [0.29, 0.717) is 11.8 Å². The van der Waals surface area contributed by atoms with Gasteiger partial charge >= 0.3 is 24.3 Å². The van der Waals surface area contributed by atoms with E-state index in [2.05, 4.69) is 9.88 Å². The average Bonchev–Trinajstić information content (AvgIpc) is 3.29. The van der Waals surface area contributed by atoms with Crippen LogP contribution in [-0.4, -0.2) is 87.9 Å². The van der Waals surface area contributed by atoms with Crippen molar-refractivity contribution in [1.29, 1.82) is 0 Å². The molecule has 35 heavy (non-hydrogen) atoms. The second kappa shape index (κ2) is 11.7. The number of hydrogen-bond donors (Lipinski definition) is 2. The number of aromatic nitrogens is 1. The van der Waals surface area contributed by atoms with Crippen molar-refractivity contribution in [1.82, 2.24) is 14.8 Å². The molecule has 196 valence electrons. The lowest BCUT2D eigenvalue weighted by Gasteiger charge is -2.31. The van der Waals surface area contributed by atoms with Gasteiger partial charge < -0.3 is 20.0 Å². The van der Waals surface area contributed by atoms with Crippen molar-refractivity contribution >= 4 is 17.8 Å². The monoisotopic (exact) mass is 513 g/mol. The summed E-state index contributed by atoms with van der Waals surface area (Å²) in [5, 5.41) is 14.2. The molecular formula is C21H25F6N3O5. The molecule has 0 aromatic carbocycles. The highest BCUT2D eigenvalue weighted by Gasteiger charge is 2.42. The number of alkyl halides is 6. The Balaban J connectivity index is 0.000000257. The van der Waals surface area contributed by atoms with E-state index >= 15 is 0 Å². The van der Waals surface area contributed by atoms with Crippen LogP contribution >= 0.6 is 0 Å². The number of amides is 1. The van der Waals surface area contributed by atoms with Crippen molar-refractivity contribution in [2.75, 3.05) is 32.7 Å². The SMILES string of the molecule is O=C(O)C(F)(F)F.O=C(O)C(F)(F)F.O=C(c1cccnc1)N1C[C@H]2CN(CC3CCC3)C[C@H]2C1. The van der Waals surface area contributed by atoms with Gasteiger partial charge in [-0.05, 0) is 42.7 Å². The number of carbonyl (C=O) groups excluding carboxylic acids is 1. The smallest absolute Gasteiger partial charge is 0.475 e. The molecule has 0 bridgehead atoms. The molecule has 3 fully saturated rings. The Bertz CT molecular complexity index is 838. The molecule has 1 aliphatic carbocycles. The molecule has 1 aromatic rings. The van der Waals surface area contributed by atoms with E-state index in [0.717, 1.165) is 24.6 Å². The minimum Gasteiger partial charge on any atom is -0.475 e. The molecule has 8 nitrogen and oxygen atoms in total. The number of fused-ring (bicyclic) bond motifs is 1. The predicted molar refractivity (Wildman–Crippen MR) is 108 cm³/mol. The third kappa shape index (κ3) is 8.67. The second-order valence-electron chi connectivity index (χ2n) is 8.59. The van der Waals surface area contributed by atoms with Crippen LogP contribution in [0.4, 0.5) is 26.3 Å². The van der Waals surface area contributed by atoms with Crippen LogP contribution in [0.5, 0.6) is 0 Å². The van der Waals surface area contributed by atoms with Crippen molar-refractivity contribution < 1.29 is 50.9 Å². The normalized spacial score (nSPS) is 22.2. The van der Waals surface area contributed by atoms with Crippen LogP contribution in [0.25, 0.3) is 0 Å². The zero-order valence-corrected chi connectivity index (χ0v) is 18.4. The lowest BCUT2D eigenvalue weighted by molar-refractivity contribution is -0.193. The van der Waals surface area contributed by atoms with Crippen molar-refractivity contribution in [3.63, 3.8) is 0 Å². The number of aliphatic carboxylic acids is 2. The summed E-state index contributed by atoms with van der Waals surface area (Å²) in [5.74, 6) is -3.03. The van der Waals surface area contributed by atoms with Crippen LogP contribution in [0.3, 0.4) is 0 Å². The van der Waals surface area contributed by atoms with Crippen LogP contribution < -0.4 is 0 Å². The fourth-order valence-electron chi connectivity index (χ4n) is 4.12. The second-order valence-corrected chi connectivity index (χ2v) is 8.59. The molecule has 0 radical (unpaired) electrons. The van der Waals surface area contributed by atoms with Gasteiger partial charge in [0.1, 0.15) is 0 Å². The third-order valence-corrected chi connectivity index (χ3v) is 5.98. The molecule has 4 rings (SSSR count). The maximum absolute atomic E-state index is 12.5. The Labute approximate surface area is 196 Å². The number of rotatable bonds is 3. The summed E-state index contributed by atoms with van der Waals surface area (Å²) in [4.78, 5) is 39.0. The first-order valence-electron chi connectivity index (χ1n) is 10.7. The van der Waals surface area contributed by atoms with E-state index in [4.69, 9.17) is 19.8 Å². The van der Waals surface area contributed by atoms with E-state index in [-0.39, 0.29) is 5.91 Å². The first-order valence-corrected chi connectivity index (χ1v) is 10.7. The zero-order chi connectivity index (χ0) is 26.4. The topological polar surface area (TPSA) is 111 Å². The Kier molecular flexibility index (Phi) is 9.46. The van der Waals surface area contributed by atoms with E-state index in [9.17, 15) is 31.1 Å². The number of likely N-dealkylation sites (tertiary alicyclic amines) is 2. The number of carboxylic acid groups (broad SMARTS) is 2. The van der Waals surface area contributed by atoms with Gasteiger partial charge in [0.05, 0.1) is 5.56 Å². The van der Waals surface area contributed by atoms with Gasteiger partial charge in [0, 0.05) is 45.1 Å². The largest absolute Gasteiger partial charge is 0.490 e. The number of hydrogen-bond acceptors (Lipinski definition) is 5. The summed E-state index contributed by atoms with van der Waals surface area (Å²) < 4.78 is 63.5. The van der Waals surface area contributed by atoms with Gasteiger partial charge in [-0.3, -0.25) is 9.78 Å². The summed E-state index contributed by atoms with van der Waals surface area (Å²) in [6, 6.07) is 3.71. The van der Waals surface area contributed by atoms with Gasteiger partial charge in [-0.1, -0.05) is 6.42 Å². The molecule has 3 heterocycles. The van der Waals surface area contributed by atoms with Crippen LogP contribution in [0.2, 0.25) is 0 Å². The number of pyridine rings is 1. The van der Waals surface area contributed by atoms with E-state index in [1.165, 1.54) is 38.9 Å². The number of halogens is 6. The Hall–Kier alpha value is -2.90. The average molecular weight is 513 g/mol. The first kappa shape index (κ1) is 28.3. The van der Waals surface area contributed by atoms with Gasteiger partial charge in [0.15, 0.2) is 0 Å². The number of carbonyl (C=O) groups is 3. The van der Waals surface area contributed by atoms with E-state index in [1.54, 1.807) is 12.4 Å². The maximum Gasteiger partial charge on any atom is 0.490 e. The standard InChI is InChI=1S/C17H23N3O.2C2HF3O2/c21-17(14-5-2-6-18-7-14)20-11-15-9-19(10-16(15)12-20)8-13-3-1-4-13;2*3-2(4,5)1(6)7/h2,5-7,13,15-16H,1,3-4,8-12H2;2*(H,6,7)/t15-,16+;;. The van der Waals surface area contributed by atoms with Crippen molar-refractivity contribution in [2.24, 2.45) is 17.8 Å². The highest BCUT2D eigenvalue weighted by Crippen LogP contribution is 2.34. The van der Waals surface area contributed by atoms with Crippen molar-refractivity contribution in [3.8, 4) is 0 Å². The van der Waals surface area contributed by atoms with Gasteiger partial charge in [0.2, 0.25) is 0 Å². The molecular weight excluding hydrogens is 488 g/mol. The first-order chi connectivity index (χ1) is 16.2. The lowest BCUT2D eigenvalue weighted by atomic mass is 9.85. The van der Waals surface area contributed by atoms with Crippen LogP contribution in [0, 0.1) is 17.8 Å². The molecule has 0 spiro atoms. The highest BCUT2D eigenvalue weighted by molar-refractivity contribution is 5.94. The predicted octanol–water partition coefficient (Wildman–Crippen LogP) is 3.15. The van der Waals surface area contributed by atoms with Gasteiger partial charge in [-0.2, -0.15) is 26.3 Å². The van der Waals surface area contributed by atoms with E-state index < -0.39 is 24.3 Å². The summed E-state index contributed by atoms with van der Waals surface area (Å²) in [6.07, 6.45) is -2.49. The number of carboxylic acids is 2. The van der Waals surface area contributed by atoms with Gasteiger partial charge in [-0.15, -0.1) is 0 Å². The summed E-state index contributed by atoms with van der Waals surface area (Å²) in [6.45, 7) is 5.54. The molecule has 2 N–H and O–H groups in total. The highest BCUT2D eigenvalue weighted by atomic mass is 19.4. The third-order valence-electron chi connectivity index (χ3n) is 5.98. The molecule has 1 saturated carbocycles. The molecule has 0 unspecified atom stereocenters. The Morgan fingerprint density at radius 3 is 1.74 bits per heavy atom. The maximum atomic E-state index is 12.5. The Morgan fingerprint density at radius 2 is 1.40 bits per heavy atom. The molecule has 2 aliphatic heterocycles. The zero-order valence-electron chi connectivity index (χ0n) is 18.4. The number of nitrogens with zero attached hydrogens (tertiary/aromatic N) is 3. The quantitative estimate of drug-likeness (QED) is 0.598. The Morgan fingerprint density at radius 1 is 0.914 bits per heavy atom. The molecule has 2 atom stereocenters. The molecule has 1 aromatic heterocycles. The molecule has 14 heteroatoms. The molecule has 3 aliphatic rings. The van der Waals surface area contributed by atoms with Gasteiger partial charge in [-0.25, -0.2) is 9.59 Å². The van der Waals surface area contributed by atoms with Crippen LogP contribution in [0.15, 0.2) is 24.5 Å². The van der Waals surface area contributed by atoms with Crippen LogP contribution in [0.1, 0.15) is 29.6 Å². The minimum absolute atomic E-state index is 0.156. The van der Waals surface area contributed by atoms with Gasteiger partial charge in [0.25, 0.3) is 5.91 Å². The minimum atomic E-state index is -5.08. The van der Waals surface area contributed by atoms with E-state index in [1.807, 2.05) is 17.0 Å². The van der Waals surface area contributed by atoms with Crippen LogP contribution in [-0.2, 0) is 9.59 Å². The van der Waals surface area contributed by atoms with Crippen molar-refractivity contribution in [2.45, 2.75) is 31.6 Å². The molecule has 2 saturated heterocycles. The summed E-state index contributed by atoms with van der Waals surface area (Å²) in [5.41, 5.74) is 0.726. The fraction of sp³-hybridized carbons (Fsp3) is 0.619. The fourth-order valence-corrected chi connectivity index (χ4v) is 4.12. The lowest BCUT2D eigenvalue weighted by Crippen LogP contribution is -2.36. The molecule has 1 amide bonds. The summed E-state index contributed by atoms with van der Waals surface area (Å²) in [7, 11) is 0. The van der Waals surface area contributed by atoms with Crippen molar-refractivity contribution in [3.05, 3.63) is 30.1 Å². The summed E-state index contributed by atoms with van der Waals surface area (Å²) >= 11 is 0.